The van der Waals surface area contributed by atoms with Crippen LogP contribution in [0.3, 0.4) is 0 Å². The Morgan fingerprint density at radius 3 is 2.76 bits per heavy atom. The minimum Gasteiger partial charge on any atom is -0.338 e. The Kier molecular flexibility index (Phi) is 4.43. The van der Waals surface area contributed by atoms with Gasteiger partial charge in [-0.05, 0) is 45.1 Å². The summed E-state index contributed by atoms with van der Waals surface area (Å²) in [6, 6.07) is 0.522. The summed E-state index contributed by atoms with van der Waals surface area (Å²) in [5.41, 5.74) is 0. The molecule has 0 aromatic heterocycles. The molecular weight excluding hydrogens is 212 g/mol. The molecule has 17 heavy (non-hydrogen) atoms. The van der Waals surface area contributed by atoms with E-state index in [2.05, 4.69) is 24.1 Å². The molecular formula is C14H26N2O. The maximum absolute atomic E-state index is 12.5. The van der Waals surface area contributed by atoms with Crippen LogP contribution >= 0.6 is 0 Å². The maximum Gasteiger partial charge on any atom is 0.239 e. The van der Waals surface area contributed by atoms with Crippen LogP contribution in [0.5, 0.6) is 0 Å². The van der Waals surface area contributed by atoms with E-state index in [1.54, 1.807) is 0 Å². The Morgan fingerprint density at radius 2 is 1.94 bits per heavy atom. The Labute approximate surface area is 105 Å². The Balaban J connectivity index is 1.96. The highest BCUT2D eigenvalue weighted by Gasteiger charge is 2.31. The predicted octanol–water partition coefficient (Wildman–Crippen LogP) is 2.17. The molecule has 0 bridgehead atoms. The molecule has 0 saturated carbocycles. The molecule has 2 saturated heterocycles. The SMILES string of the molecule is CC1CCC(C)N(C(=O)C2CCCCCN2)C1. The van der Waals surface area contributed by atoms with Crippen LogP contribution in [0.25, 0.3) is 0 Å². The molecule has 3 atom stereocenters. The molecule has 2 fully saturated rings. The third-order valence-corrected chi connectivity index (χ3v) is 4.26. The van der Waals surface area contributed by atoms with E-state index >= 15 is 0 Å². The molecule has 1 N–H and O–H groups in total. The van der Waals surface area contributed by atoms with Gasteiger partial charge >= 0.3 is 0 Å². The molecule has 1 amide bonds. The van der Waals surface area contributed by atoms with E-state index in [9.17, 15) is 4.79 Å². The molecule has 3 unspecified atom stereocenters. The lowest BCUT2D eigenvalue weighted by Crippen LogP contribution is -2.52. The predicted molar refractivity (Wildman–Crippen MR) is 69.8 cm³/mol. The number of piperidine rings is 1. The number of nitrogens with one attached hydrogen (secondary N) is 1. The minimum absolute atomic E-state index is 0.0882. The normalized spacial score (nSPS) is 35.4. The van der Waals surface area contributed by atoms with Gasteiger partial charge in [0.25, 0.3) is 0 Å². The van der Waals surface area contributed by atoms with Crippen LogP contribution in [0, 0.1) is 5.92 Å². The van der Waals surface area contributed by atoms with Gasteiger partial charge in [-0.2, -0.15) is 0 Å². The van der Waals surface area contributed by atoms with Crippen molar-refractivity contribution in [2.45, 2.75) is 64.5 Å². The number of hydrogen-bond acceptors (Lipinski definition) is 2. The van der Waals surface area contributed by atoms with Gasteiger partial charge in [0.1, 0.15) is 0 Å². The summed E-state index contributed by atoms with van der Waals surface area (Å²) in [5, 5.41) is 3.42. The smallest absolute Gasteiger partial charge is 0.239 e. The van der Waals surface area contributed by atoms with Gasteiger partial charge in [0.15, 0.2) is 0 Å². The van der Waals surface area contributed by atoms with E-state index in [4.69, 9.17) is 0 Å². The van der Waals surface area contributed by atoms with Gasteiger partial charge in [-0.1, -0.05) is 19.8 Å². The zero-order valence-electron chi connectivity index (χ0n) is 11.2. The highest BCUT2D eigenvalue weighted by Crippen LogP contribution is 2.23. The fraction of sp³-hybridized carbons (Fsp3) is 0.929. The molecule has 0 radical (unpaired) electrons. The van der Waals surface area contributed by atoms with Crippen molar-refractivity contribution in [2.24, 2.45) is 5.92 Å². The van der Waals surface area contributed by atoms with E-state index in [0.717, 1.165) is 19.5 Å². The first-order valence-electron chi connectivity index (χ1n) is 7.22. The van der Waals surface area contributed by atoms with E-state index in [0.29, 0.717) is 17.9 Å². The number of amides is 1. The van der Waals surface area contributed by atoms with Crippen LogP contribution < -0.4 is 5.32 Å². The average Bonchev–Trinajstić information content (AvgIpc) is 2.60. The maximum atomic E-state index is 12.5. The number of likely N-dealkylation sites (tertiary alicyclic amines) is 1. The second-order valence-corrected chi connectivity index (χ2v) is 5.88. The van der Waals surface area contributed by atoms with Gasteiger partial charge in [0.05, 0.1) is 6.04 Å². The zero-order valence-corrected chi connectivity index (χ0v) is 11.2. The minimum atomic E-state index is 0.0882. The second kappa shape index (κ2) is 5.85. The fourth-order valence-corrected chi connectivity index (χ4v) is 3.04. The van der Waals surface area contributed by atoms with Gasteiger partial charge in [-0.3, -0.25) is 4.79 Å². The van der Waals surface area contributed by atoms with Crippen molar-refractivity contribution < 1.29 is 4.79 Å². The van der Waals surface area contributed by atoms with Crippen LogP contribution in [0.1, 0.15) is 52.4 Å². The van der Waals surface area contributed by atoms with E-state index in [1.165, 1.54) is 32.1 Å². The van der Waals surface area contributed by atoms with Crippen LogP contribution in [0.2, 0.25) is 0 Å². The van der Waals surface area contributed by atoms with Crippen LogP contribution in [0.4, 0.5) is 0 Å². The molecule has 0 aromatic carbocycles. The summed E-state index contributed by atoms with van der Waals surface area (Å²) in [5.74, 6) is 1.02. The van der Waals surface area contributed by atoms with Gasteiger partial charge in [0.2, 0.25) is 5.91 Å². The number of carbonyl (C=O) groups is 1. The molecule has 0 spiro atoms. The molecule has 0 aliphatic carbocycles. The molecule has 0 aromatic rings. The first kappa shape index (κ1) is 12.9. The Bertz CT molecular complexity index is 259. The molecule has 2 aliphatic rings. The molecule has 2 rings (SSSR count). The van der Waals surface area contributed by atoms with Gasteiger partial charge in [0, 0.05) is 12.6 Å². The van der Waals surface area contributed by atoms with Crippen LogP contribution in [-0.4, -0.2) is 36.0 Å². The van der Waals surface area contributed by atoms with Crippen molar-refractivity contribution in [3.8, 4) is 0 Å². The summed E-state index contributed by atoms with van der Waals surface area (Å²) >= 11 is 0. The lowest BCUT2D eigenvalue weighted by molar-refractivity contribution is -0.137. The summed E-state index contributed by atoms with van der Waals surface area (Å²) < 4.78 is 0. The van der Waals surface area contributed by atoms with Gasteiger partial charge in [-0.15, -0.1) is 0 Å². The zero-order chi connectivity index (χ0) is 12.3. The molecule has 2 heterocycles. The number of hydrogen-bond donors (Lipinski definition) is 1. The first-order valence-corrected chi connectivity index (χ1v) is 7.22. The van der Waals surface area contributed by atoms with Crippen molar-refractivity contribution >= 4 is 5.91 Å². The largest absolute Gasteiger partial charge is 0.338 e. The van der Waals surface area contributed by atoms with Crippen molar-refractivity contribution in [2.75, 3.05) is 13.1 Å². The van der Waals surface area contributed by atoms with Crippen molar-refractivity contribution in [1.82, 2.24) is 10.2 Å². The summed E-state index contributed by atoms with van der Waals surface area (Å²) in [4.78, 5) is 14.6. The molecule has 3 heteroatoms. The molecule has 3 nitrogen and oxygen atoms in total. The lowest BCUT2D eigenvalue weighted by atomic mass is 9.94. The van der Waals surface area contributed by atoms with Crippen LogP contribution in [0.15, 0.2) is 0 Å². The van der Waals surface area contributed by atoms with E-state index < -0.39 is 0 Å². The Morgan fingerprint density at radius 1 is 1.12 bits per heavy atom. The lowest BCUT2D eigenvalue weighted by Gasteiger charge is -2.38. The summed E-state index contributed by atoms with van der Waals surface area (Å²) in [6.45, 7) is 6.42. The van der Waals surface area contributed by atoms with Crippen LogP contribution in [-0.2, 0) is 4.79 Å². The summed E-state index contributed by atoms with van der Waals surface area (Å²) in [7, 11) is 0. The summed E-state index contributed by atoms with van der Waals surface area (Å²) in [6.07, 6.45) is 7.14. The van der Waals surface area contributed by atoms with Gasteiger partial charge in [-0.25, -0.2) is 0 Å². The highest BCUT2D eigenvalue weighted by molar-refractivity contribution is 5.82. The van der Waals surface area contributed by atoms with E-state index in [-0.39, 0.29) is 6.04 Å². The topological polar surface area (TPSA) is 32.3 Å². The first-order chi connectivity index (χ1) is 8.18. The third kappa shape index (κ3) is 3.21. The van der Waals surface area contributed by atoms with Crippen molar-refractivity contribution in [3.63, 3.8) is 0 Å². The second-order valence-electron chi connectivity index (χ2n) is 5.88. The highest BCUT2D eigenvalue weighted by atomic mass is 16.2. The van der Waals surface area contributed by atoms with Crippen molar-refractivity contribution in [3.05, 3.63) is 0 Å². The standard InChI is InChI=1S/C14H26N2O/c1-11-7-8-12(2)16(10-11)14(17)13-6-4-3-5-9-15-13/h11-13,15H,3-10H2,1-2H3. The number of carbonyl (C=O) groups excluding carboxylic acids is 1. The fourth-order valence-electron chi connectivity index (χ4n) is 3.04. The molecule has 2 aliphatic heterocycles. The third-order valence-electron chi connectivity index (χ3n) is 4.26. The van der Waals surface area contributed by atoms with Gasteiger partial charge < -0.3 is 10.2 Å². The van der Waals surface area contributed by atoms with Crippen molar-refractivity contribution in [1.29, 1.82) is 0 Å². The number of nitrogens with zero attached hydrogens (tertiary/aromatic N) is 1. The average molecular weight is 238 g/mol. The quantitative estimate of drug-likeness (QED) is 0.759. The van der Waals surface area contributed by atoms with E-state index in [1.807, 2.05) is 0 Å². The monoisotopic (exact) mass is 238 g/mol. The number of rotatable bonds is 1. The Hall–Kier alpha value is -0.570. The molecule has 98 valence electrons.